The molecule has 3 nitrogen and oxygen atoms in total. The smallest absolute Gasteiger partial charge is 0.145 e. The third-order valence-electron chi connectivity index (χ3n) is 1.53. The lowest BCUT2D eigenvalue weighted by atomic mass is 10.3. The summed E-state index contributed by atoms with van der Waals surface area (Å²) >= 11 is 4.82. The molecule has 0 aliphatic rings. The van der Waals surface area contributed by atoms with Gasteiger partial charge in [0.2, 0.25) is 0 Å². The second-order valence-corrected chi connectivity index (χ2v) is 8.32. The predicted molar refractivity (Wildman–Crippen MR) is 69.9 cm³/mol. The summed E-state index contributed by atoms with van der Waals surface area (Å²) in [5.41, 5.74) is 0.721. The predicted octanol–water partition coefficient (Wildman–Crippen LogP) is 3.18. The minimum absolute atomic E-state index is 0.324. The second kappa shape index (κ2) is 4.84. The molecule has 1 rings (SSSR count). The van der Waals surface area contributed by atoms with Gasteiger partial charge in [0.25, 0.3) is 0 Å². The van der Waals surface area contributed by atoms with Crippen LogP contribution in [0.25, 0.3) is 0 Å². The Balaban J connectivity index is 2.90. The summed E-state index contributed by atoms with van der Waals surface area (Å²) in [4.78, 5) is 4.16. The average Bonchev–Trinajstić information content (AvgIpc) is 2.50. The van der Waals surface area contributed by atoms with E-state index in [0.29, 0.717) is 0 Å². The molecule has 0 radical (unpaired) electrons. The van der Waals surface area contributed by atoms with Crippen molar-refractivity contribution in [3.63, 3.8) is 0 Å². The van der Waals surface area contributed by atoms with Gasteiger partial charge in [-0.15, -0.1) is 11.3 Å². The molecular weight excluding hydrogens is 296 g/mol. The van der Waals surface area contributed by atoms with E-state index in [1.165, 1.54) is 11.3 Å². The molecule has 0 fully saturated rings. The Kier molecular flexibility index (Phi) is 4.20. The van der Waals surface area contributed by atoms with Gasteiger partial charge >= 0.3 is 0 Å². The van der Waals surface area contributed by atoms with Crippen molar-refractivity contribution < 1.29 is 4.21 Å². The highest BCUT2D eigenvalue weighted by Gasteiger charge is 2.19. The van der Waals surface area contributed by atoms with Gasteiger partial charge in [-0.25, -0.2) is 9.19 Å². The number of thiazole rings is 1. The van der Waals surface area contributed by atoms with E-state index in [0.717, 1.165) is 14.5 Å². The minimum atomic E-state index is -1.22. The number of hydrogen-bond donors (Lipinski definition) is 0. The molecule has 15 heavy (non-hydrogen) atoms. The minimum Gasteiger partial charge on any atom is -0.242 e. The molecule has 1 aromatic heterocycles. The van der Waals surface area contributed by atoms with Gasteiger partial charge in [-0.3, -0.25) is 0 Å². The molecule has 0 aliphatic heterocycles. The zero-order chi connectivity index (χ0) is 11.6. The Labute approximate surface area is 105 Å². The molecule has 0 N–H and O–H groups in total. The SMILES string of the molecule is CC(=N[S@](=O)C(C)(C)C)c1ncc(Br)s1. The van der Waals surface area contributed by atoms with E-state index < -0.39 is 11.0 Å². The zero-order valence-electron chi connectivity index (χ0n) is 9.07. The van der Waals surface area contributed by atoms with Crippen LogP contribution in [0.15, 0.2) is 14.4 Å². The molecule has 6 heteroatoms. The van der Waals surface area contributed by atoms with Crippen LogP contribution in [-0.2, 0) is 11.0 Å². The van der Waals surface area contributed by atoms with Gasteiger partial charge < -0.3 is 0 Å². The van der Waals surface area contributed by atoms with Crippen molar-refractivity contribution >= 4 is 44.0 Å². The van der Waals surface area contributed by atoms with E-state index in [2.05, 4.69) is 25.3 Å². The molecule has 0 unspecified atom stereocenters. The summed E-state index contributed by atoms with van der Waals surface area (Å²) in [6.07, 6.45) is 1.72. The normalized spacial score (nSPS) is 15.4. The molecular formula is C9H13BrN2OS2. The number of rotatable bonds is 2. The summed E-state index contributed by atoms with van der Waals surface area (Å²) in [6, 6.07) is 0. The van der Waals surface area contributed by atoms with Crippen LogP contribution in [0.1, 0.15) is 32.7 Å². The molecule has 0 saturated heterocycles. The Morgan fingerprint density at radius 2 is 2.20 bits per heavy atom. The first kappa shape index (κ1) is 13.0. The van der Waals surface area contributed by atoms with Gasteiger partial charge in [-0.05, 0) is 43.6 Å². The van der Waals surface area contributed by atoms with E-state index in [9.17, 15) is 4.21 Å². The van der Waals surface area contributed by atoms with Crippen molar-refractivity contribution in [2.24, 2.45) is 4.40 Å². The van der Waals surface area contributed by atoms with Crippen LogP contribution in [0, 0.1) is 0 Å². The fourth-order valence-electron chi connectivity index (χ4n) is 0.722. The third kappa shape index (κ3) is 3.77. The number of nitrogens with zero attached hydrogens (tertiary/aromatic N) is 2. The highest BCUT2D eigenvalue weighted by atomic mass is 79.9. The molecule has 0 saturated carbocycles. The van der Waals surface area contributed by atoms with Crippen LogP contribution in [0.3, 0.4) is 0 Å². The lowest BCUT2D eigenvalue weighted by molar-refractivity contribution is 0.650. The fourth-order valence-corrected chi connectivity index (χ4v) is 2.54. The molecule has 1 aromatic rings. The maximum absolute atomic E-state index is 11.7. The number of halogens is 1. The molecule has 0 amide bonds. The lowest BCUT2D eigenvalue weighted by Crippen LogP contribution is -2.20. The summed E-state index contributed by atoms with van der Waals surface area (Å²) in [7, 11) is -1.22. The van der Waals surface area contributed by atoms with Gasteiger partial charge in [-0.2, -0.15) is 4.40 Å². The van der Waals surface area contributed by atoms with Gasteiger partial charge in [0.05, 0.1) is 20.4 Å². The molecule has 0 bridgehead atoms. The average molecular weight is 309 g/mol. The standard InChI is InChI=1S/C9H13BrN2OS2/c1-6(8-11-5-7(10)14-8)12-15(13)9(2,3)4/h5H,1-4H3/t15-/m1/s1. The molecule has 84 valence electrons. The number of hydrogen-bond acceptors (Lipinski definition) is 3. The Bertz CT molecular complexity index is 406. The summed E-state index contributed by atoms with van der Waals surface area (Å²) in [5.74, 6) is 0. The first-order valence-electron chi connectivity index (χ1n) is 4.39. The van der Waals surface area contributed by atoms with Gasteiger partial charge in [0.15, 0.2) is 0 Å². The van der Waals surface area contributed by atoms with Crippen LogP contribution in [0.5, 0.6) is 0 Å². The van der Waals surface area contributed by atoms with Crippen molar-refractivity contribution in [2.75, 3.05) is 0 Å². The Hall–Kier alpha value is -0.0700. The van der Waals surface area contributed by atoms with Crippen LogP contribution in [0.2, 0.25) is 0 Å². The molecule has 0 aliphatic carbocycles. The van der Waals surface area contributed by atoms with E-state index in [-0.39, 0.29) is 4.75 Å². The Morgan fingerprint density at radius 3 is 2.60 bits per heavy atom. The number of aromatic nitrogens is 1. The second-order valence-electron chi connectivity index (χ2n) is 4.01. The summed E-state index contributed by atoms with van der Waals surface area (Å²) < 4.78 is 16.5. The van der Waals surface area contributed by atoms with Crippen LogP contribution in [0.4, 0.5) is 0 Å². The van der Waals surface area contributed by atoms with Crippen LogP contribution in [-0.4, -0.2) is 19.7 Å². The van der Waals surface area contributed by atoms with Crippen molar-refractivity contribution in [3.05, 3.63) is 15.0 Å². The van der Waals surface area contributed by atoms with Crippen LogP contribution < -0.4 is 0 Å². The van der Waals surface area contributed by atoms with Gasteiger partial charge in [0.1, 0.15) is 16.0 Å². The van der Waals surface area contributed by atoms with Gasteiger partial charge in [-0.1, -0.05) is 0 Å². The highest BCUT2D eigenvalue weighted by molar-refractivity contribution is 9.11. The van der Waals surface area contributed by atoms with Crippen molar-refractivity contribution in [1.29, 1.82) is 0 Å². The lowest BCUT2D eigenvalue weighted by Gasteiger charge is -2.13. The third-order valence-corrected chi connectivity index (χ3v) is 4.60. The maximum atomic E-state index is 11.7. The van der Waals surface area contributed by atoms with Crippen molar-refractivity contribution in [1.82, 2.24) is 4.98 Å². The monoisotopic (exact) mass is 308 g/mol. The summed E-state index contributed by atoms with van der Waals surface area (Å²) in [5, 5.41) is 0.805. The molecule has 1 atom stereocenters. The van der Waals surface area contributed by atoms with E-state index in [1.54, 1.807) is 6.20 Å². The molecule has 0 spiro atoms. The van der Waals surface area contributed by atoms with Crippen molar-refractivity contribution in [2.45, 2.75) is 32.4 Å². The maximum Gasteiger partial charge on any atom is 0.145 e. The largest absolute Gasteiger partial charge is 0.242 e. The quantitative estimate of drug-likeness (QED) is 0.787. The topological polar surface area (TPSA) is 42.3 Å². The Morgan fingerprint density at radius 1 is 1.60 bits per heavy atom. The summed E-state index contributed by atoms with van der Waals surface area (Å²) in [6.45, 7) is 7.53. The van der Waals surface area contributed by atoms with Crippen LogP contribution >= 0.6 is 27.3 Å². The fraction of sp³-hybridized carbons (Fsp3) is 0.556. The first-order valence-corrected chi connectivity index (χ1v) is 7.11. The van der Waals surface area contributed by atoms with E-state index >= 15 is 0 Å². The first-order chi connectivity index (χ1) is 6.80. The zero-order valence-corrected chi connectivity index (χ0v) is 12.3. The van der Waals surface area contributed by atoms with Crippen molar-refractivity contribution in [3.8, 4) is 0 Å². The molecule has 0 aromatic carbocycles. The highest BCUT2D eigenvalue weighted by Crippen LogP contribution is 2.21. The molecule has 1 heterocycles. The van der Waals surface area contributed by atoms with E-state index in [1.807, 2.05) is 27.7 Å². The van der Waals surface area contributed by atoms with E-state index in [4.69, 9.17) is 0 Å². The van der Waals surface area contributed by atoms with Gasteiger partial charge in [0, 0.05) is 0 Å².